The van der Waals surface area contributed by atoms with Crippen LogP contribution in [0.15, 0.2) is 0 Å². The molecule has 0 N–H and O–H groups in total. The van der Waals surface area contributed by atoms with Gasteiger partial charge in [-0.15, -0.1) is 0 Å². The molecule has 0 saturated carbocycles. The summed E-state index contributed by atoms with van der Waals surface area (Å²) in [7, 11) is 1.61. The first-order valence-electron chi connectivity index (χ1n) is 3.56. The number of rotatable bonds is 6. The van der Waals surface area contributed by atoms with E-state index in [9.17, 15) is 0 Å². The predicted molar refractivity (Wildman–Crippen MR) is 51.9 cm³/mol. The first kappa shape index (κ1) is 11.6. The summed E-state index contributed by atoms with van der Waals surface area (Å²) in [6.45, 7) is 4.42. The summed E-state index contributed by atoms with van der Waals surface area (Å²) in [5, 5.41) is 0. The van der Waals surface area contributed by atoms with Gasteiger partial charge in [-0.25, -0.2) is 0 Å². The highest BCUT2D eigenvalue weighted by molar-refractivity contribution is 14.1. The van der Waals surface area contributed by atoms with Crippen LogP contribution in [-0.2, 0) is 14.2 Å². The van der Waals surface area contributed by atoms with Crippen molar-refractivity contribution in [3.8, 4) is 0 Å². The lowest BCUT2D eigenvalue weighted by atomic mass is 10.7. The molecular weight excluding hydrogens is 259 g/mol. The van der Waals surface area contributed by atoms with Gasteiger partial charge in [-0.3, -0.25) is 0 Å². The van der Waals surface area contributed by atoms with Gasteiger partial charge in [-0.2, -0.15) is 0 Å². The molecule has 0 bridgehead atoms. The van der Waals surface area contributed by atoms with Crippen LogP contribution in [0.25, 0.3) is 0 Å². The van der Waals surface area contributed by atoms with E-state index in [1.807, 2.05) is 13.8 Å². The summed E-state index contributed by atoms with van der Waals surface area (Å²) in [4.78, 5) is 0. The average molecular weight is 274 g/mol. The van der Waals surface area contributed by atoms with Gasteiger partial charge in [-0.1, -0.05) is 22.6 Å². The van der Waals surface area contributed by atoms with Crippen LogP contribution in [0.2, 0.25) is 0 Å². The maximum atomic E-state index is 5.25. The molecule has 0 saturated heterocycles. The highest BCUT2D eigenvalue weighted by atomic mass is 127. The fourth-order valence-corrected chi connectivity index (χ4v) is 0.829. The maximum Gasteiger partial charge on any atom is 0.157 e. The summed E-state index contributed by atoms with van der Waals surface area (Å²) in [5.41, 5.74) is 0. The van der Waals surface area contributed by atoms with E-state index in [0.29, 0.717) is 0 Å². The molecule has 0 aromatic heterocycles. The zero-order valence-corrected chi connectivity index (χ0v) is 9.33. The van der Waals surface area contributed by atoms with Crippen LogP contribution >= 0.6 is 22.6 Å². The maximum absolute atomic E-state index is 5.25. The Morgan fingerprint density at radius 2 is 1.91 bits per heavy atom. The molecule has 0 rings (SSSR count). The third-order valence-electron chi connectivity index (χ3n) is 1.14. The Bertz CT molecular complexity index is 89.8. The Hall–Kier alpha value is 0.610. The van der Waals surface area contributed by atoms with E-state index in [0.717, 1.165) is 11.0 Å². The van der Waals surface area contributed by atoms with Crippen molar-refractivity contribution in [2.75, 3.05) is 18.1 Å². The fourth-order valence-electron chi connectivity index (χ4n) is 0.575. The van der Waals surface area contributed by atoms with Gasteiger partial charge >= 0.3 is 0 Å². The zero-order chi connectivity index (χ0) is 8.69. The highest BCUT2D eigenvalue weighted by Gasteiger charge is 2.06. The van der Waals surface area contributed by atoms with Crippen molar-refractivity contribution in [2.24, 2.45) is 0 Å². The molecule has 11 heavy (non-hydrogen) atoms. The summed E-state index contributed by atoms with van der Waals surface area (Å²) < 4.78 is 16.4. The van der Waals surface area contributed by atoms with Crippen LogP contribution in [0.4, 0.5) is 0 Å². The Morgan fingerprint density at radius 1 is 1.27 bits per heavy atom. The smallest absolute Gasteiger partial charge is 0.157 e. The predicted octanol–water partition coefficient (Wildman–Crippen LogP) is 1.79. The molecule has 0 aromatic carbocycles. The second kappa shape index (κ2) is 7.27. The lowest BCUT2D eigenvalue weighted by Gasteiger charge is -2.17. The van der Waals surface area contributed by atoms with Gasteiger partial charge in [-0.05, 0) is 13.8 Å². The summed E-state index contributed by atoms with van der Waals surface area (Å²) in [6, 6.07) is 0. The number of halogens is 1. The van der Waals surface area contributed by atoms with Crippen molar-refractivity contribution >= 4 is 22.6 Å². The zero-order valence-electron chi connectivity index (χ0n) is 7.17. The number of hydrogen-bond acceptors (Lipinski definition) is 3. The molecule has 0 radical (unpaired) electrons. The van der Waals surface area contributed by atoms with E-state index in [-0.39, 0.29) is 12.6 Å². The minimum absolute atomic E-state index is 0.181. The topological polar surface area (TPSA) is 27.7 Å². The van der Waals surface area contributed by atoms with Crippen LogP contribution in [0.3, 0.4) is 0 Å². The summed E-state index contributed by atoms with van der Waals surface area (Å²) >= 11 is 2.25. The van der Waals surface area contributed by atoms with Crippen LogP contribution in [-0.4, -0.2) is 30.7 Å². The lowest BCUT2D eigenvalue weighted by Crippen LogP contribution is -2.21. The molecule has 0 amide bonds. The molecule has 0 heterocycles. The molecule has 0 fully saturated rings. The van der Waals surface area contributed by atoms with Crippen molar-refractivity contribution in [3.05, 3.63) is 0 Å². The summed E-state index contributed by atoms with van der Waals surface area (Å²) in [5.74, 6) is 0. The highest BCUT2D eigenvalue weighted by Crippen LogP contribution is 2.00. The normalized spacial score (nSPS) is 16.4. The molecule has 68 valence electrons. The first-order chi connectivity index (χ1) is 5.20. The van der Waals surface area contributed by atoms with Gasteiger partial charge < -0.3 is 14.2 Å². The van der Waals surface area contributed by atoms with E-state index >= 15 is 0 Å². The van der Waals surface area contributed by atoms with Gasteiger partial charge in [0.1, 0.15) is 0 Å². The minimum atomic E-state index is -0.195. The second-order valence-corrected chi connectivity index (χ2v) is 3.15. The van der Waals surface area contributed by atoms with Crippen molar-refractivity contribution in [1.82, 2.24) is 0 Å². The molecule has 0 aliphatic carbocycles. The van der Waals surface area contributed by atoms with E-state index < -0.39 is 0 Å². The van der Waals surface area contributed by atoms with Gasteiger partial charge in [0.05, 0.1) is 6.61 Å². The van der Waals surface area contributed by atoms with Crippen molar-refractivity contribution in [1.29, 1.82) is 0 Å². The summed E-state index contributed by atoms with van der Waals surface area (Å²) in [6.07, 6.45) is -0.376. The van der Waals surface area contributed by atoms with Gasteiger partial charge in [0.2, 0.25) is 0 Å². The van der Waals surface area contributed by atoms with Crippen LogP contribution in [0.1, 0.15) is 13.8 Å². The molecule has 0 aliphatic rings. The molecule has 0 spiro atoms. The first-order valence-corrected chi connectivity index (χ1v) is 5.09. The average Bonchev–Trinajstić information content (AvgIpc) is 2.00. The van der Waals surface area contributed by atoms with E-state index in [2.05, 4.69) is 22.6 Å². The van der Waals surface area contributed by atoms with Crippen molar-refractivity contribution < 1.29 is 14.2 Å². The van der Waals surface area contributed by atoms with Crippen molar-refractivity contribution in [3.63, 3.8) is 0 Å². The number of ether oxygens (including phenoxy) is 3. The SMILES string of the molecule is COC(C)OC(C)OCCI. The number of hydrogen-bond donors (Lipinski definition) is 0. The third-order valence-corrected chi connectivity index (χ3v) is 1.59. The van der Waals surface area contributed by atoms with E-state index in [1.54, 1.807) is 7.11 Å². The van der Waals surface area contributed by atoms with Crippen LogP contribution in [0.5, 0.6) is 0 Å². The fraction of sp³-hybridized carbons (Fsp3) is 1.00. The molecule has 4 heteroatoms. The van der Waals surface area contributed by atoms with E-state index in [1.165, 1.54) is 0 Å². The molecule has 2 unspecified atom stereocenters. The van der Waals surface area contributed by atoms with Crippen LogP contribution < -0.4 is 0 Å². The lowest BCUT2D eigenvalue weighted by molar-refractivity contribution is -0.220. The largest absolute Gasteiger partial charge is 0.356 e. The Morgan fingerprint density at radius 3 is 2.36 bits per heavy atom. The van der Waals surface area contributed by atoms with Crippen LogP contribution in [0, 0.1) is 0 Å². The molecule has 2 atom stereocenters. The Labute approximate surface area is 81.5 Å². The minimum Gasteiger partial charge on any atom is -0.356 e. The molecule has 0 aromatic rings. The van der Waals surface area contributed by atoms with Crippen molar-refractivity contribution in [2.45, 2.75) is 26.4 Å². The van der Waals surface area contributed by atoms with E-state index in [4.69, 9.17) is 14.2 Å². The number of alkyl halides is 1. The molecule has 0 aliphatic heterocycles. The Kier molecular flexibility index (Phi) is 7.67. The monoisotopic (exact) mass is 274 g/mol. The molecular formula is C7H15IO3. The second-order valence-electron chi connectivity index (χ2n) is 2.07. The standard InChI is InChI=1S/C7H15IO3/c1-6(9-3)11-7(2)10-5-4-8/h6-7H,4-5H2,1-3H3. The quantitative estimate of drug-likeness (QED) is 0.420. The van der Waals surface area contributed by atoms with Gasteiger partial charge in [0, 0.05) is 11.5 Å². The van der Waals surface area contributed by atoms with Gasteiger partial charge in [0.25, 0.3) is 0 Å². The number of methoxy groups -OCH3 is 1. The Balaban J connectivity index is 3.27. The van der Waals surface area contributed by atoms with Gasteiger partial charge in [0.15, 0.2) is 12.6 Å². The molecule has 3 nitrogen and oxygen atoms in total. The third kappa shape index (κ3) is 6.99.